The molecule has 0 aliphatic heterocycles. The predicted octanol–water partition coefficient (Wildman–Crippen LogP) is 2.84. The van der Waals surface area contributed by atoms with Crippen LogP contribution in [0.1, 0.15) is 38.2 Å². The third kappa shape index (κ3) is 2.24. The number of hydrogen-bond acceptors (Lipinski definition) is 3. The van der Waals surface area contributed by atoms with Crippen LogP contribution in [0.5, 0.6) is 0 Å². The maximum Gasteiger partial charge on any atom is 0.276 e. The third-order valence-corrected chi connectivity index (χ3v) is 6.07. The molecule has 5 heteroatoms. The monoisotopic (exact) mass is 292 g/mol. The highest BCUT2D eigenvalue weighted by atomic mass is 32.2. The zero-order valence-corrected chi connectivity index (χ0v) is 12.7. The highest BCUT2D eigenvalue weighted by Gasteiger charge is 2.49. The van der Waals surface area contributed by atoms with Gasteiger partial charge >= 0.3 is 0 Å². The second-order valence-corrected chi connectivity index (χ2v) is 7.92. The Kier molecular flexibility index (Phi) is 3.12. The summed E-state index contributed by atoms with van der Waals surface area (Å²) in [5, 5.41) is 4.20. The molecule has 0 spiro atoms. The molecule has 1 aromatic rings. The van der Waals surface area contributed by atoms with Gasteiger partial charge in [0.15, 0.2) is 0 Å². The Morgan fingerprint density at radius 3 is 2.50 bits per heavy atom. The Bertz CT molecular complexity index is 649. The zero-order chi connectivity index (χ0) is 14.4. The van der Waals surface area contributed by atoms with E-state index in [0.29, 0.717) is 11.3 Å². The zero-order valence-electron chi connectivity index (χ0n) is 11.9. The summed E-state index contributed by atoms with van der Waals surface area (Å²) in [6.07, 6.45) is 4.42. The fourth-order valence-electron chi connectivity index (χ4n) is 3.26. The van der Waals surface area contributed by atoms with Crippen molar-refractivity contribution in [3.63, 3.8) is 0 Å². The number of hydrazone groups is 1. The second kappa shape index (κ2) is 4.58. The van der Waals surface area contributed by atoms with Crippen LogP contribution in [-0.4, -0.2) is 14.1 Å². The standard InChI is InChI=1S/C15H20N2O2S/c1-11-3-5-12(6-4-11)20(18,19)17-16-14-8-10-15(2)9-7-13(14)15/h3-6,13,17H,7-10H2,1-2H3/b16-14+. The van der Waals surface area contributed by atoms with Crippen LogP contribution in [0.15, 0.2) is 34.3 Å². The Hall–Kier alpha value is -1.36. The van der Waals surface area contributed by atoms with Crippen molar-refractivity contribution >= 4 is 15.7 Å². The smallest absolute Gasteiger partial charge is 0.200 e. The lowest BCUT2D eigenvalue weighted by atomic mass is 9.63. The molecule has 3 rings (SSSR count). The van der Waals surface area contributed by atoms with Gasteiger partial charge < -0.3 is 0 Å². The molecule has 0 aromatic heterocycles. The van der Waals surface area contributed by atoms with Crippen molar-refractivity contribution in [2.45, 2.75) is 44.4 Å². The summed E-state index contributed by atoms with van der Waals surface area (Å²) in [7, 11) is -3.54. The summed E-state index contributed by atoms with van der Waals surface area (Å²) >= 11 is 0. The van der Waals surface area contributed by atoms with E-state index in [4.69, 9.17) is 0 Å². The molecule has 1 N–H and O–H groups in total. The van der Waals surface area contributed by atoms with Gasteiger partial charge in [-0.15, -0.1) is 0 Å². The molecule has 0 amide bonds. The lowest BCUT2D eigenvalue weighted by molar-refractivity contribution is 0.121. The lowest BCUT2D eigenvalue weighted by Crippen LogP contribution is -2.36. The quantitative estimate of drug-likeness (QED) is 0.871. The summed E-state index contributed by atoms with van der Waals surface area (Å²) in [6.45, 7) is 4.21. The molecule has 2 unspecified atom stereocenters. The van der Waals surface area contributed by atoms with Crippen LogP contribution in [0.3, 0.4) is 0 Å². The molecule has 0 bridgehead atoms. The summed E-state index contributed by atoms with van der Waals surface area (Å²) in [5.74, 6) is 0.475. The largest absolute Gasteiger partial charge is 0.276 e. The molecule has 20 heavy (non-hydrogen) atoms. The average molecular weight is 292 g/mol. The molecule has 0 heterocycles. The van der Waals surface area contributed by atoms with Crippen LogP contribution in [0, 0.1) is 18.3 Å². The molecule has 2 aliphatic rings. The summed E-state index contributed by atoms with van der Waals surface area (Å²) in [5.41, 5.74) is 2.43. The fourth-order valence-corrected chi connectivity index (χ4v) is 4.10. The molecule has 0 saturated heterocycles. The number of hydrogen-bond donors (Lipinski definition) is 1. The second-order valence-electron chi connectivity index (χ2n) is 6.26. The highest BCUT2D eigenvalue weighted by Crippen LogP contribution is 2.55. The van der Waals surface area contributed by atoms with Gasteiger partial charge in [-0.3, -0.25) is 0 Å². The SMILES string of the molecule is Cc1ccc(S(=O)(=O)N/N=C2\CCC3(C)CCC23)cc1. The van der Waals surface area contributed by atoms with Gasteiger partial charge in [0.2, 0.25) is 0 Å². The van der Waals surface area contributed by atoms with Gasteiger partial charge in [0.1, 0.15) is 0 Å². The molecule has 2 saturated carbocycles. The van der Waals surface area contributed by atoms with E-state index < -0.39 is 10.0 Å². The molecular formula is C15H20N2O2S. The van der Waals surface area contributed by atoms with E-state index in [9.17, 15) is 8.42 Å². The number of benzene rings is 1. The van der Waals surface area contributed by atoms with Gasteiger partial charge in [-0.1, -0.05) is 24.6 Å². The number of sulfonamides is 1. The van der Waals surface area contributed by atoms with E-state index in [1.54, 1.807) is 24.3 Å². The molecule has 2 fully saturated rings. The van der Waals surface area contributed by atoms with Crippen LogP contribution in [-0.2, 0) is 10.0 Å². The molecule has 1 aromatic carbocycles. The Morgan fingerprint density at radius 2 is 1.95 bits per heavy atom. The van der Waals surface area contributed by atoms with Gasteiger partial charge in [0.25, 0.3) is 10.0 Å². The van der Waals surface area contributed by atoms with Crippen molar-refractivity contribution in [2.24, 2.45) is 16.4 Å². The number of rotatable bonds is 3. The summed E-state index contributed by atoms with van der Waals surface area (Å²) < 4.78 is 24.3. The van der Waals surface area contributed by atoms with Crippen LogP contribution in [0.2, 0.25) is 0 Å². The molecule has 108 valence electrons. The predicted molar refractivity (Wildman–Crippen MR) is 79.0 cm³/mol. The number of aryl methyl sites for hydroxylation is 1. The minimum atomic E-state index is -3.54. The Balaban J connectivity index is 1.76. The Labute approximate surface area is 120 Å². The van der Waals surface area contributed by atoms with E-state index in [2.05, 4.69) is 16.9 Å². The topological polar surface area (TPSA) is 58.5 Å². The van der Waals surface area contributed by atoms with E-state index in [1.165, 1.54) is 6.42 Å². The van der Waals surface area contributed by atoms with Crippen molar-refractivity contribution in [3.8, 4) is 0 Å². The van der Waals surface area contributed by atoms with Crippen molar-refractivity contribution < 1.29 is 8.42 Å². The maximum atomic E-state index is 12.2. The van der Waals surface area contributed by atoms with Crippen molar-refractivity contribution in [2.75, 3.05) is 0 Å². The van der Waals surface area contributed by atoms with Gasteiger partial charge in [-0.2, -0.15) is 13.5 Å². The lowest BCUT2D eigenvalue weighted by Gasteiger charge is -2.41. The summed E-state index contributed by atoms with van der Waals surface area (Å²) in [6, 6.07) is 6.81. The average Bonchev–Trinajstić information content (AvgIpc) is 2.61. The first kappa shape index (κ1) is 13.6. The molecule has 0 radical (unpaired) electrons. The van der Waals surface area contributed by atoms with Gasteiger partial charge in [0, 0.05) is 11.6 Å². The van der Waals surface area contributed by atoms with Crippen LogP contribution < -0.4 is 4.83 Å². The van der Waals surface area contributed by atoms with Crippen LogP contribution in [0.25, 0.3) is 0 Å². The minimum absolute atomic E-state index is 0.266. The number of nitrogens with one attached hydrogen (secondary N) is 1. The molecular weight excluding hydrogens is 272 g/mol. The molecule has 4 nitrogen and oxygen atoms in total. The number of nitrogens with zero attached hydrogens (tertiary/aromatic N) is 1. The third-order valence-electron chi connectivity index (χ3n) is 4.84. The number of fused-ring (bicyclic) bond motifs is 1. The van der Waals surface area contributed by atoms with Crippen molar-refractivity contribution in [1.82, 2.24) is 4.83 Å². The fraction of sp³-hybridized carbons (Fsp3) is 0.533. The highest BCUT2D eigenvalue weighted by molar-refractivity contribution is 7.89. The Morgan fingerprint density at radius 1 is 1.25 bits per heavy atom. The first-order valence-corrected chi connectivity index (χ1v) is 8.54. The molecule has 2 atom stereocenters. The van der Waals surface area contributed by atoms with Gasteiger partial charge in [-0.25, -0.2) is 4.83 Å². The normalized spacial score (nSPS) is 30.9. The van der Waals surface area contributed by atoms with Crippen LogP contribution in [0.4, 0.5) is 0 Å². The van der Waals surface area contributed by atoms with Gasteiger partial charge in [0.05, 0.1) is 4.90 Å². The van der Waals surface area contributed by atoms with E-state index in [-0.39, 0.29) is 4.90 Å². The molecule has 2 aliphatic carbocycles. The van der Waals surface area contributed by atoms with Crippen LogP contribution >= 0.6 is 0 Å². The van der Waals surface area contributed by atoms with Gasteiger partial charge in [-0.05, 0) is 50.2 Å². The van der Waals surface area contributed by atoms with E-state index in [1.807, 2.05) is 6.92 Å². The first-order chi connectivity index (χ1) is 9.41. The summed E-state index contributed by atoms with van der Waals surface area (Å²) in [4.78, 5) is 2.66. The van der Waals surface area contributed by atoms with Crippen molar-refractivity contribution in [1.29, 1.82) is 0 Å². The van der Waals surface area contributed by atoms with E-state index >= 15 is 0 Å². The minimum Gasteiger partial charge on any atom is -0.200 e. The van der Waals surface area contributed by atoms with Crippen molar-refractivity contribution in [3.05, 3.63) is 29.8 Å². The first-order valence-electron chi connectivity index (χ1n) is 7.06. The van der Waals surface area contributed by atoms with E-state index in [0.717, 1.165) is 30.5 Å². The maximum absolute atomic E-state index is 12.2.